The van der Waals surface area contributed by atoms with Crippen LogP contribution in [0.2, 0.25) is 0 Å². The van der Waals surface area contributed by atoms with Crippen LogP contribution in [0.15, 0.2) is 0 Å². The van der Waals surface area contributed by atoms with Crippen molar-refractivity contribution in [2.45, 2.75) is 42.2 Å². The summed E-state index contributed by atoms with van der Waals surface area (Å²) in [6, 6.07) is 0. The predicted octanol–water partition coefficient (Wildman–Crippen LogP) is 3.09. The Morgan fingerprint density at radius 1 is 1.56 bits per heavy atom. The van der Waals surface area contributed by atoms with Gasteiger partial charge in [0.1, 0.15) is 5.67 Å². The van der Waals surface area contributed by atoms with Crippen molar-refractivity contribution in [2.75, 3.05) is 0 Å². The van der Waals surface area contributed by atoms with Crippen molar-refractivity contribution in [1.82, 2.24) is 0 Å². The molecule has 2 atom stereocenters. The smallest absolute Gasteiger partial charge is 0.120 e. The molecular formula is C7H12FI. The lowest BCUT2D eigenvalue weighted by Gasteiger charge is -2.30. The van der Waals surface area contributed by atoms with Crippen molar-refractivity contribution in [2.24, 2.45) is 0 Å². The maximum absolute atomic E-state index is 13.3. The van der Waals surface area contributed by atoms with Gasteiger partial charge in [-0.15, -0.1) is 0 Å². The first kappa shape index (κ1) is 7.76. The van der Waals surface area contributed by atoms with Crippen LogP contribution < -0.4 is 0 Å². The molecule has 1 rings (SSSR count). The van der Waals surface area contributed by atoms with Crippen LogP contribution in [0.1, 0.15) is 32.6 Å². The van der Waals surface area contributed by atoms with Gasteiger partial charge in [-0.1, -0.05) is 35.4 Å². The molecule has 0 aromatic rings. The third-order valence-electron chi connectivity index (χ3n) is 2.03. The summed E-state index contributed by atoms with van der Waals surface area (Å²) in [6.07, 6.45) is 4.12. The molecule has 0 bridgehead atoms. The summed E-state index contributed by atoms with van der Waals surface area (Å²) in [5.74, 6) is 0. The van der Waals surface area contributed by atoms with Crippen molar-refractivity contribution in [3.63, 3.8) is 0 Å². The monoisotopic (exact) mass is 242 g/mol. The average molecular weight is 242 g/mol. The Labute approximate surface area is 69.4 Å². The minimum Gasteiger partial charge on any atom is -0.243 e. The summed E-state index contributed by atoms with van der Waals surface area (Å²) in [4.78, 5) is 0. The van der Waals surface area contributed by atoms with Crippen molar-refractivity contribution in [3.05, 3.63) is 0 Å². The number of alkyl halides is 2. The fraction of sp³-hybridized carbons (Fsp3) is 1.00. The molecule has 0 aromatic carbocycles. The summed E-state index contributed by atoms with van der Waals surface area (Å²) >= 11 is 2.22. The number of hydrogen-bond donors (Lipinski definition) is 0. The zero-order valence-electron chi connectivity index (χ0n) is 5.66. The maximum atomic E-state index is 13.3. The molecule has 1 aliphatic rings. The molecule has 54 valence electrons. The Morgan fingerprint density at radius 2 is 2.22 bits per heavy atom. The average Bonchev–Trinajstić information content (AvgIpc) is 1.77. The maximum Gasteiger partial charge on any atom is 0.120 e. The molecule has 0 amide bonds. The third-order valence-corrected chi connectivity index (χ3v) is 3.95. The van der Waals surface area contributed by atoms with Gasteiger partial charge in [-0.3, -0.25) is 0 Å². The van der Waals surface area contributed by atoms with E-state index < -0.39 is 5.67 Å². The molecule has 0 spiro atoms. The van der Waals surface area contributed by atoms with Gasteiger partial charge >= 0.3 is 0 Å². The molecule has 1 aliphatic carbocycles. The minimum absolute atomic E-state index is 0.254. The molecular weight excluding hydrogens is 230 g/mol. The lowest BCUT2D eigenvalue weighted by atomic mass is 9.88. The molecule has 1 fully saturated rings. The number of halogens is 2. The molecule has 0 N–H and O–H groups in total. The van der Waals surface area contributed by atoms with Gasteiger partial charge in [-0.25, -0.2) is 4.39 Å². The van der Waals surface area contributed by atoms with E-state index in [-0.39, 0.29) is 3.92 Å². The van der Waals surface area contributed by atoms with E-state index in [1.807, 2.05) is 0 Å². The second kappa shape index (κ2) is 2.72. The zero-order chi connectivity index (χ0) is 6.91. The Balaban J connectivity index is 2.49. The Morgan fingerprint density at radius 3 is 2.56 bits per heavy atom. The molecule has 0 radical (unpaired) electrons. The lowest BCUT2D eigenvalue weighted by Crippen LogP contribution is -2.33. The van der Waals surface area contributed by atoms with Gasteiger partial charge in [0, 0.05) is 3.92 Å². The first-order valence-corrected chi connectivity index (χ1v) is 4.70. The molecule has 0 heterocycles. The van der Waals surface area contributed by atoms with Crippen LogP contribution in [0.25, 0.3) is 0 Å². The summed E-state index contributed by atoms with van der Waals surface area (Å²) in [5, 5.41) is 0. The van der Waals surface area contributed by atoms with E-state index in [0.29, 0.717) is 0 Å². The fourth-order valence-electron chi connectivity index (χ4n) is 1.25. The van der Waals surface area contributed by atoms with Crippen molar-refractivity contribution < 1.29 is 4.39 Å². The third kappa shape index (κ3) is 1.79. The molecule has 0 aromatic heterocycles. The van der Waals surface area contributed by atoms with Gasteiger partial charge in [-0.2, -0.15) is 0 Å². The minimum atomic E-state index is -0.876. The Kier molecular flexibility index (Phi) is 2.35. The summed E-state index contributed by atoms with van der Waals surface area (Å²) in [7, 11) is 0. The molecule has 0 unspecified atom stereocenters. The first-order chi connectivity index (χ1) is 4.13. The fourth-order valence-corrected chi connectivity index (χ4v) is 2.00. The highest BCUT2D eigenvalue weighted by molar-refractivity contribution is 14.1. The molecule has 0 nitrogen and oxygen atoms in total. The van der Waals surface area contributed by atoms with Gasteiger partial charge in [0.05, 0.1) is 0 Å². The molecule has 0 saturated heterocycles. The number of rotatable bonds is 0. The highest BCUT2D eigenvalue weighted by Crippen LogP contribution is 2.36. The topological polar surface area (TPSA) is 0 Å². The summed E-state index contributed by atoms with van der Waals surface area (Å²) < 4.78 is 13.5. The standard InChI is InChI=1S/C7H12FI/c1-7(8)5-3-2-4-6(7)9/h6H,2-5H2,1H3/t6-,7-/m1/s1. The molecule has 9 heavy (non-hydrogen) atoms. The van der Waals surface area contributed by atoms with Crippen LogP contribution in [0.3, 0.4) is 0 Å². The van der Waals surface area contributed by atoms with Crippen LogP contribution in [0.5, 0.6) is 0 Å². The zero-order valence-corrected chi connectivity index (χ0v) is 7.82. The highest BCUT2D eigenvalue weighted by Gasteiger charge is 2.34. The van der Waals surface area contributed by atoms with E-state index in [1.54, 1.807) is 6.92 Å². The van der Waals surface area contributed by atoms with Crippen LogP contribution in [-0.2, 0) is 0 Å². The second-order valence-electron chi connectivity index (χ2n) is 2.99. The van der Waals surface area contributed by atoms with Crippen LogP contribution >= 0.6 is 22.6 Å². The van der Waals surface area contributed by atoms with E-state index in [4.69, 9.17) is 0 Å². The largest absolute Gasteiger partial charge is 0.243 e. The molecule has 0 aliphatic heterocycles. The van der Waals surface area contributed by atoms with Crippen molar-refractivity contribution in [1.29, 1.82) is 0 Å². The van der Waals surface area contributed by atoms with Crippen LogP contribution in [-0.4, -0.2) is 9.59 Å². The van der Waals surface area contributed by atoms with Gasteiger partial charge < -0.3 is 0 Å². The van der Waals surface area contributed by atoms with E-state index in [9.17, 15) is 4.39 Å². The van der Waals surface area contributed by atoms with Crippen molar-refractivity contribution >= 4 is 22.6 Å². The van der Waals surface area contributed by atoms with Gasteiger partial charge in [0.15, 0.2) is 0 Å². The predicted molar refractivity (Wildman–Crippen MR) is 45.8 cm³/mol. The van der Waals surface area contributed by atoms with Gasteiger partial charge in [0.2, 0.25) is 0 Å². The number of hydrogen-bond acceptors (Lipinski definition) is 0. The Bertz CT molecular complexity index is 101. The van der Waals surface area contributed by atoms with Gasteiger partial charge in [-0.05, 0) is 19.8 Å². The van der Waals surface area contributed by atoms with Crippen LogP contribution in [0.4, 0.5) is 4.39 Å². The van der Waals surface area contributed by atoms with E-state index in [2.05, 4.69) is 22.6 Å². The first-order valence-electron chi connectivity index (χ1n) is 3.46. The second-order valence-corrected chi connectivity index (χ2v) is 4.50. The lowest BCUT2D eigenvalue weighted by molar-refractivity contribution is 0.145. The van der Waals surface area contributed by atoms with E-state index >= 15 is 0 Å². The summed E-state index contributed by atoms with van der Waals surface area (Å²) in [5.41, 5.74) is -0.876. The highest BCUT2D eigenvalue weighted by atomic mass is 127. The molecule has 1 saturated carbocycles. The summed E-state index contributed by atoms with van der Waals surface area (Å²) in [6.45, 7) is 1.73. The SMILES string of the molecule is C[C@@]1(F)CCCC[C@H]1I. The normalized spacial score (nSPS) is 45.0. The van der Waals surface area contributed by atoms with Crippen molar-refractivity contribution in [3.8, 4) is 0 Å². The van der Waals surface area contributed by atoms with Crippen LogP contribution in [0, 0.1) is 0 Å². The quantitative estimate of drug-likeness (QED) is 0.452. The van der Waals surface area contributed by atoms with E-state index in [0.717, 1.165) is 19.3 Å². The van der Waals surface area contributed by atoms with Gasteiger partial charge in [0.25, 0.3) is 0 Å². The molecule has 2 heteroatoms. The van der Waals surface area contributed by atoms with E-state index in [1.165, 1.54) is 6.42 Å². The Hall–Kier alpha value is 0.660.